The maximum atomic E-state index is 13.3. The summed E-state index contributed by atoms with van der Waals surface area (Å²) in [7, 11) is -7.61. The molecule has 0 radical (unpaired) electrons. The topological polar surface area (TPSA) is 363 Å². The molecule has 3 aromatic rings. The number of Topliss-reactive ketones (excluding diaryl/α,β-unsaturated/α-hetero) is 1. The number of ketones is 1. The number of unbranched alkanes of at least 4 members (excludes halogenated alkanes) is 4. The first kappa shape index (κ1) is 64.6. The predicted molar refractivity (Wildman–Crippen MR) is 292 cm³/mol. The van der Waals surface area contributed by atoms with Gasteiger partial charge in [-0.25, -0.2) is 0 Å². The molecular formula is C53H65N7O18S2. The number of rotatable bonds is 26. The Morgan fingerprint density at radius 1 is 0.637 bits per heavy atom. The van der Waals surface area contributed by atoms with Gasteiger partial charge in [0, 0.05) is 97.2 Å². The molecule has 2 heterocycles. The predicted octanol–water partition coefficient (Wildman–Crippen LogP) is 7.07. The number of nitro groups is 2. The summed E-state index contributed by atoms with van der Waals surface area (Å²) in [5, 5.41) is 30.9. The zero-order chi connectivity index (χ0) is 59.9. The van der Waals surface area contributed by atoms with Crippen molar-refractivity contribution in [3.05, 3.63) is 116 Å². The average molecular weight is 1150 g/mol. The van der Waals surface area contributed by atoms with Crippen LogP contribution in [0.15, 0.2) is 83.8 Å². The number of imide groups is 2. The molecule has 0 unspecified atom stereocenters. The Morgan fingerprint density at radius 3 is 1.54 bits per heavy atom. The van der Waals surface area contributed by atoms with Crippen molar-refractivity contribution in [2.45, 2.75) is 121 Å². The van der Waals surface area contributed by atoms with Crippen LogP contribution in [-0.4, -0.2) is 114 Å². The maximum Gasteiger partial charge on any atom is 0.296 e. The molecule has 2 aliphatic heterocycles. The van der Waals surface area contributed by atoms with Crippen LogP contribution >= 0.6 is 0 Å². The summed E-state index contributed by atoms with van der Waals surface area (Å²) in [5.41, 5.74) is -0.475. The number of nitrogens with zero attached hydrogens (tertiary/aromatic N) is 4. The molecule has 0 bridgehead atoms. The van der Waals surface area contributed by atoms with Crippen LogP contribution in [0, 0.1) is 26.1 Å². The zero-order valence-electron chi connectivity index (χ0n) is 45.3. The third-order valence-electron chi connectivity index (χ3n) is 12.5. The lowest BCUT2D eigenvalue weighted by molar-refractivity contribution is -0.386. The second-order valence-corrected chi connectivity index (χ2v) is 24.0. The van der Waals surface area contributed by atoms with E-state index in [1.54, 1.807) is 0 Å². The Labute approximate surface area is 462 Å². The van der Waals surface area contributed by atoms with Gasteiger partial charge in [-0.2, -0.15) is 16.8 Å². The summed E-state index contributed by atoms with van der Waals surface area (Å²) >= 11 is 0. The van der Waals surface area contributed by atoms with E-state index >= 15 is 0 Å². The van der Waals surface area contributed by atoms with Gasteiger partial charge in [0.05, 0.1) is 38.9 Å². The molecule has 0 fully saturated rings. The molecule has 7 amide bonds. The average Bonchev–Trinajstić information content (AvgIpc) is 3.88. The smallest absolute Gasteiger partial charge is 0.296 e. The molecule has 3 aromatic carbocycles. The first-order valence-corrected chi connectivity index (χ1v) is 28.2. The Morgan fingerprint density at radius 2 is 1.10 bits per heavy atom. The first-order valence-electron chi connectivity index (χ1n) is 25.2. The lowest BCUT2D eigenvalue weighted by Crippen LogP contribution is -2.30. The number of nitrogens with one attached hydrogen (secondary N) is 3. The van der Waals surface area contributed by atoms with Crippen LogP contribution in [0.25, 0.3) is 0 Å². The Balaban J connectivity index is 0.000000346. The number of benzene rings is 3. The van der Waals surface area contributed by atoms with E-state index in [0.717, 1.165) is 23.0 Å². The van der Waals surface area contributed by atoms with Crippen LogP contribution in [0.5, 0.6) is 0 Å². The molecule has 4 N–H and O–H groups in total. The minimum absolute atomic E-state index is 0.0210. The highest BCUT2D eigenvalue weighted by Gasteiger charge is 2.30. The first-order chi connectivity index (χ1) is 37.2. The molecular weight excluding hydrogens is 1090 g/mol. The number of hydrogen-bond acceptors (Lipinski definition) is 17. The fourth-order valence-corrected chi connectivity index (χ4v) is 9.59. The molecule has 0 saturated carbocycles. The number of anilines is 3. The van der Waals surface area contributed by atoms with Crippen LogP contribution in [0.3, 0.4) is 0 Å². The normalized spacial score (nSPS) is 13.9. The highest BCUT2D eigenvalue weighted by Crippen LogP contribution is 2.35. The van der Waals surface area contributed by atoms with E-state index in [-0.39, 0.29) is 107 Å². The lowest BCUT2D eigenvalue weighted by atomic mass is 9.85. The summed E-state index contributed by atoms with van der Waals surface area (Å²) in [5.74, 6) is -5.58. The molecule has 0 aromatic heterocycles. The molecule has 27 heteroatoms. The molecule has 25 nitrogen and oxygen atoms in total. The van der Waals surface area contributed by atoms with Crippen molar-refractivity contribution in [1.82, 2.24) is 9.80 Å². The van der Waals surface area contributed by atoms with Crippen molar-refractivity contribution in [1.29, 1.82) is 0 Å². The SMILES string of the molecule is CC(C)(C)c1ccc(NC(=O)[C@H](CCS(=O)(=O)O)CC(=O)CCCCCN2C(=O)C=CC2=O)cc1[N+](=O)[O-].COS(=O)(=O)c1ccc(NC(=O)CCCCCN2C(=O)C=CC2=O)c(C(=O)Nc2ccc(C(C)(C)C)c([N+](=O)[O-])c2)c1. The van der Waals surface area contributed by atoms with Crippen molar-refractivity contribution in [3.63, 3.8) is 0 Å². The summed E-state index contributed by atoms with van der Waals surface area (Å²) in [6.07, 6.45) is 7.33. The van der Waals surface area contributed by atoms with Gasteiger partial charge in [0.2, 0.25) is 11.8 Å². The van der Waals surface area contributed by atoms with Crippen molar-refractivity contribution >= 4 is 95.8 Å². The Hall–Kier alpha value is -7.88. The van der Waals surface area contributed by atoms with Crippen LogP contribution < -0.4 is 16.0 Å². The van der Waals surface area contributed by atoms with Gasteiger partial charge in [-0.15, -0.1) is 0 Å². The lowest BCUT2D eigenvalue weighted by Gasteiger charge is -2.20. The van der Waals surface area contributed by atoms with E-state index in [9.17, 15) is 75.4 Å². The van der Waals surface area contributed by atoms with Gasteiger partial charge in [-0.05, 0) is 85.4 Å². The quantitative estimate of drug-likeness (QED) is 0.0156. The van der Waals surface area contributed by atoms with Gasteiger partial charge in [0.25, 0.3) is 61.1 Å². The van der Waals surface area contributed by atoms with E-state index in [1.165, 1.54) is 72.8 Å². The Kier molecular flexibility index (Phi) is 22.5. The van der Waals surface area contributed by atoms with Gasteiger partial charge in [-0.1, -0.05) is 54.4 Å². The molecule has 0 aliphatic carbocycles. The number of hydrogen-bond donors (Lipinski definition) is 4. The fourth-order valence-electron chi connectivity index (χ4n) is 8.31. The minimum atomic E-state index is -4.39. The van der Waals surface area contributed by atoms with Gasteiger partial charge in [0.15, 0.2) is 0 Å². The summed E-state index contributed by atoms with van der Waals surface area (Å²) in [6.45, 7) is 11.4. The van der Waals surface area contributed by atoms with Crippen molar-refractivity contribution < 1.29 is 73.8 Å². The number of carbonyl (C=O) groups is 8. The highest BCUT2D eigenvalue weighted by molar-refractivity contribution is 7.86. The monoisotopic (exact) mass is 1150 g/mol. The van der Waals surface area contributed by atoms with Gasteiger partial charge >= 0.3 is 0 Å². The minimum Gasteiger partial charge on any atom is -0.326 e. The third-order valence-corrected chi connectivity index (χ3v) is 14.6. The number of carbonyl (C=O) groups excluding carboxylic acids is 8. The van der Waals surface area contributed by atoms with E-state index < -0.39 is 70.3 Å². The van der Waals surface area contributed by atoms with E-state index in [2.05, 4.69) is 20.1 Å². The summed E-state index contributed by atoms with van der Waals surface area (Å²) < 4.78 is 60.8. The molecule has 2 aliphatic rings. The fraction of sp³-hybridized carbons (Fsp3) is 0.434. The molecule has 0 saturated heterocycles. The van der Waals surface area contributed by atoms with Gasteiger partial charge in [-0.3, -0.25) is 77.1 Å². The second kappa shape index (κ2) is 27.8. The molecule has 432 valence electrons. The van der Waals surface area contributed by atoms with Gasteiger partial charge < -0.3 is 16.0 Å². The zero-order valence-corrected chi connectivity index (χ0v) is 46.9. The van der Waals surface area contributed by atoms with Crippen LogP contribution in [0.2, 0.25) is 0 Å². The van der Waals surface area contributed by atoms with E-state index in [0.29, 0.717) is 49.7 Å². The van der Waals surface area contributed by atoms with Crippen molar-refractivity contribution in [2.24, 2.45) is 5.92 Å². The van der Waals surface area contributed by atoms with Crippen LogP contribution in [0.1, 0.15) is 127 Å². The van der Waals surface area contributed by atoms with Crippen molar-refractivity contribution in [2.75, 3.05) is 41.9 Å². The molecule has 1 atom stereocenters. The van der Waals surface area contributed by atoms with Crippen molar-refractivity contribution in [3.8, 4) is 0 Å². The second-order valence-electron chi connectivity index (χ2n) is 20.8. The maximum absolute atomic E-state index is 13.3. The summed E-state index contributed by atoms with van der Waals surface area (Å²) in [4.78, 5) is 122. The molecule has 0 spiro atoms. The molecule has 5 rings (SSSR count). The third kappa shape index (κ3) is 19.2. The largest absolute Gasteiger partial charge is 0.326 e. The van der Waals surface area contributed by atoms with E-state index in [4.69, 9.17) is 4.55 Å². The molecule has 80 heavy (non-hydrogen) atoms. The Bertz CT molecular complexity index is 3180. The highest BCUT2D eigenvalue weighted by atomic mass is 32.2. The van der Waals surface area contributed by atoms with E-state index in [1.807, 2.05) is 41.5 Å². The van der Waals surface area contributed by atoms with Crippen LogP contribution in [0.4, 0.5) is 28.4 Å². The van der Waals surface area contributed by atoms with Gasteiger partial charge in [0.1, 0.15) is 5.78 Å². The summed E-state index contributed by atoms with van der Waals surface area (Å²) in [6, 6.07) is 12.0. The van der Waals surface area contributed by atoms with Crippen LogP contribution in [-0.2, 0) is 68.8 Å². The standard InChI is InChI=1S/C28H32N4O9S.C25H33N3O9S/c1-28(2,3)21-11-9-18(16-23(21)32(37)38)29-27(36)20-17-19(42(39,40)41-4)10-12-22(20)30-24(33)8-6-5-7-15-31-25(34)13-14-26(31)35;1-25(2,3)20-9-8-18(16-21(20)28(33)34)26-24(32)17(12-14-38(35,36)37)15-19(29)7-5-4-6-13-27-22(30)10-11-23(27)31/h9-14,16-17H,5-8,15H2,1-4H3,(H,29,36)(H,30,33);8-11,16-17H,4-7,12-15H2,1-3H3,(H,26,32)(H,35,36,37)/t;17-/m.1/s1. The number of amides is 7. The number of nitro benzene ring substituents is 2.